The number of amides is 1. The van der Waals surface area contributed by atoms with E-state index >= 15 is 0 Å². The Kier molecular flexibility index (Phi) is 5.34. The van der Waals surface area contributed by atoms with Gasteiger partial charge in [0.2, 0.25) is 0 Å². The van der Waals surface area contributed by atoms with Crippen molar-refractivity contribution in [1.82, 2.24) is 5.43 Å². The molecule has 0 fully saturated rings. The van der Waals surface area contributed by atoms with Crippen LogP contribution in [-0.2, 0) is 4.79 Å². The molecular weight excluding hydrogens is 200 g/mol. The van der Waals surface area contributed by atoms with Gasteiger partial charge in [0, 0.05) is 6.08 Å². The number of carbonyl (C=O) groups is 1. The van der Waals surface area contributed by atoms with Crippen molar-refractivity contribution in [2.45, 2.75) is 6.92 Å². The minimum Gasteiger partial charge on any atom is -0.268 e. The summed E-state index contributed by atoms with van der Waals surface area (Å²) in [4.78, 5) is 11.2. The molecule has 0 atom stereocenters. The lowest BCUT2D eigenvalue weighted by molar-refractivity contribution is -0.116. The molecule has 0 aliphatic carbocycles. The van der Waals surface area contributed by atoms with Gasteiger partial charge in [-0.05, 0) is 12.5 Å². The van der Waals surface area contributed by atoms with E-state index in [0.717, 1.165) is 5.56 Å². The maximum atomic E-state index is 11.2. The molecule has 0 unspecified atom stereocenters. The number of rotatable bonds is 4. The van der Waals surface area contributed by atoms with Gasteiger partial charge in [-0.15, -0.1) is 0 Å². The van der Waals surface area contributed by atoms with Gasteiger partial charge in [0.1, 0.15) is 0 Å². The van der Waals surface area contributed by atoms with Gasteiger partial charge in [0.25, 0.3) is 5.91 Å². The fraction of sp³-hybridized carbons (Fsp3) is 0.0769. The molecule has 0 aliphatic rings. The number of benzene rings is 1. The van der Waals surface area contributed by atoms with Crippen molar-refractivity contribution in [3.63, 3.8) is 0 Å². The smallest absolute Gasteiger partial charge is 0.264 e. The monoisotopic (exact) mass is 214 g/mol. The minimum absolute atomic E-state index is 0.245. The standard InChI is InChI=1S/C13H14N2O/c1-2-3-5-10-13(16)15-14-11-12-8-6-4-7-9-12/h2-11H,1H3,(H,15,16)/b3-2+,10-5+,14-11+. The highest BCUT2D eigenvalue weighted by Gasteiger charge is 1.89. The van der Waals surface area contributed by atoms with E-state index in [0.29, 0.717) is 0 Å². The summed E-state index contributed by atoms with van der Waals surface area (Å²) in [7, 11) is 0. The lowest BCUT2D eigenvalue weighted by Gasteiger charge is -1.92. The number of hydrogen-bond acceptors (Lipinski definition) is 2. The van der Waals surface area contributed by atoms with Crippen LogP contribution >= 0.6 is 0 Å². The third-order valence-electron chi connectivity index (χ3n) is 1.74. The Balaban J connectivity index is 2.40. The lowest BCUT2D eigenvalue weighted by Crippen LogP contribution is -2.13. The molecule has 1 rings (SSSR count). The van der Waals surface area contributed by atoms with Gasteiger partial charge in [-0.2, -0.15) is 5.10 Å². The highest BCUT2D eigenvalue weighted by Crippen LogP contribution is 1.92. The van der Waals surface area contributed by atoms with Crippen LogP contribution in [0.4, 0.5) is 0 Å². The lowest BCUT2D eigenvalue weighted by atomic mass is 10.2. The third-order valence-corrected chi connectivity index (χ3v) is 1.74. The summed E-state index contributed by atoms with van der Waals surface area (Å²) < 4.78 is 0. The van der Waals surface area contributed by atoms with Crippen LogP contribution in [0.3, 0.4) is 0 Å². The first kappa shape index (κ1) is 11.9. The Morgan fingerprint density at radius 3 is 2.69 bits per heavy atom. The topological polar surface area (TPSA) is 41.5 Å². The number of hydrazone groups is 1. The van der Waals surface area contributed by atoms with E-state index in [1.807, 2.05) is 43.3 Å². The highest BCUT2D eigenvalue weighted by molar-refractivity contribution is 5.89. The van der Waals surface area contributed by atoms with Crippen LogP contribution in [0, 0.1) is 0 Å². The van der Waals surface area contributed by atoms with Crippen molar-refractivity contribution < 1.29 is 4.79 Å². The predicted molar refractivity (Wildman–Crippen MR) is 66.1 cm³/mol. The van der Waals surface area contributed by atoms with Crippen LogP contribution in [0.1, 0.15) is 12.5 Å². The van der Waals surface area contributed by atoms with E-state index < -0.39 is 0 Å². The number of nitrogens with zero attached hydrogens (tertiary/aromatic N) is 1. The molecule has 1 aromatic carbocycles. The second-order valence-corrected chi connectivity index (χ2v) is 3.03. The molecule has 1 N–H and O–H groups in total. The van der Waals surface area contributed by atoms with Crippen molar-refractivity contribution in [2.75, 3.05) is 0 Å². The Bertz CT molecular complexity index is 405. The van der Waals surface area contributed by atoms with Gasteiger partial charge in [0.15, 0.2) is 0 Å². The van der Waals surface area contributed by atoms with E-state index in [-0.39, 0.29) is 5.91 Å². The van der Waals surface area contributed by atoms with Crippen LogP contribution in [0.5, 0.6) is 0 Å². The maximum absolute atomic E-state index is 11.2. The first-order chi connectivity index (χ1) is 7.83. The predicted octanol–water partition coefficient (Wildman–Crippen LogP) is 2.27. The largest absolute Gasteiger partial charge is 0.268 e. The van der Waals surface area contributed by atoms with Gasteiger partial charge in [-0.1, -0.05) is 48.6 Å². The number of allylic oxidation sites excluding steroid dienone is 3. The summed E-state index contributed by atoms with van der Waals surface area (Å²) in [6.45, 7) is 1.88. The minimum atomic E-state index is -0.245. The first-order valence-electron chi connectivity index (χ1n) is 5.00. The summed E-state index contributed by atoms with van der Waals surface area (Å²) in [6, 6.07) is 9.57. The summed E-state index contributed by atoms with van der Waals surface area (Å²) in [5.74, 6) is -0.245. The second kappa shape index (κ2) is 7.17. The van der Waals surface area contributed by atoms with E-state index in [9.17, 15) is 4.79 Å². The van der Waals surface area contributed by atoms with E-state index in [1.165, 1.54) is 6.08 Å². The molecule has 3 nitrogen and oxygen atoms in total. The molecule has 0 bridgehead atoms. The summed E-state index contributed by atoms with van der Waals surface area (Å²) in [5, 5.41) is 3.82. The summed E-state index contributed by atoms with van der Waals surface area (Å²) in [6.07, 6.45) is 8.30. The van der Waals surface area contributed by atoms with E-state index in [2.05, 4.69) is 10.5 Å². The van der Waals surface area contributed by atoms with Crippen LogP contribution in [-0.4, -0.2) is 12.1 Å². The van der Waals surface area contributed by atoms with Gasteiger partial charge in [-0.3, -0.25) is 4.79 Å². The summed E-state index contributed by atoms with van der Waals surface area (Å²) in [5.41, 5.74) is 3.34. The molecular formula is C13H14N2O. The molecule has 16 heavy (non-hydrogen) atoms. The SMILES string of the molecule is C/C=C/C=C/C(=O)N/N=C/c1ccccc1. The Hall–Kier alpha value is -2.16. The molecule has 0 spiro atoms. The Labute approximate surface area is 95.2 Å². The summed E-state index contributed by atoms with van der Waals surface area (Å²) >= 11 is 0. The number of carbonyl (C=O) groups excluding carboxylic acids is 1. The fourth-order valence-electron chi connectivity index (χ4n) is 1.00. The highest BCUT2D eigenvalue weighted by atomic mass is 16.2. The normalized spacial score (nSPS) is 11.6. The maximum Gasteiger partial charge on any atom is 0.264 e. The zero-order chi connectivity index (χ0) is 11.6. The fourth-order valence-corrected chi connectivity index (χ4v) is 1.00. The molecule has 1 aromatic rings. The zero-order valence-electron chi connectivity index (χ0n) is 9.13. The molecule has 82 valence electrons. The molecule has 0 saturated carbocycles. The molecule has 1 amide bonds. The third kappa shape index (κ3) is 4.91. The average molecular weight is 214 g/mol. The van der Waals surface area contributed by atoms with Crippen LogP contribution < -0.4 is 5.43 Å². The molecule has 3 heteroatoms. The van der Waals surface area contributed by atoms with Crippen molar-refractivity contribution in [3.05, 3.63) is 60.2 Å². The molecule has 0 radical (unpaired) electrons. The van der Waals surface area contributed by atoms with Gasteiger partial charge < -0.3 is 0 Å². The zero-order valence-corrected chi connectivity index (χ0v) is 9.13. The Morgan fingerprint density at radius 2 is 2.00 bits per heavy atom. The van der Waals surface area contributed by atoms with Crippen LogP contribution in [0.25, 0.3) is 0 Å². The van der Waals surface area contributed by atoms with Gasteiger partial charge in [-0.25, -0.2) is 5.43 Å². The molecule has 0 aliphatic heterocycles. The van der Waals surface area contributed by atoms with Crippen molar-refractivity contribution in [2.24, 2.45) is 5.10 Å². The quantitative estimate of drug-likeness (QED) is 0.355. The van der Waals surface area contributed by atoms with Gasteiger partial charge >= 0.3 is 0 Å². The van der Waals surface area contributed by atoms with Crippen molar-refractivity contribution in [1.29, 1.82) is 0 Å². The number of nitrogens with one attached hydrogen (secondary N) is 1. The molecule has 0 aromatic heterocycles. The molecule has 0 heterocycles. The van der Waals surface area contributed by atoms with Crippen molar-refractivity contribution >= 4 is 12.1 Å². The van der Waals surface area contributed by atoms with Gasteiger partial charge in [0.05, 0.1) is 6.21 Å². The average Bonchev–Trinajstić information content (AvgIpc) is 2.31. The first-order valence-corrected chi connectivity index (χ1v) is 5.00. The van der Waals surface area contributed by atoms with E-state index in [1.54, 1.807) is 18.4 Å². The number of hydrogen-bond donors (Lipinski definition) is 1. The molecule has 0 saturated heterocycles. The van der Waals surface area contributed by atoms with Crippen LogP contribution in [0.15, 0.2) is 59.7 Å². The Morgan fingerprint density at radius 1 is 1.25 bits per heavy atom. The van der Waals surface area contributed by atoms with E-state index in [4.69, 9.17) is 0 Å². The second-order valence-electron chi connectivity index (χ2n) is 3.03. The van der Waals surface area contributed by atoms with Crippen LogP contribution in [0.2, 0.25) is 0 Å². The van der Waals surface area contributed by atoms with Crippen molar-refractivity contribution in [3.8, 4) is 0 Å².